The van der Waals surface area contributed by atoms with Gasteiger partial charge in [-0.05, 0) is 63.4 Å². The SMILES string of the molecule is [2H]C([2H])([2H])c1nnn(C)c1-c1cnc2c3ccc([C@](C)(O)C4CC4)c(F)c3n([C@H](c3ccccc3F)C3CCOCC3)c2c1. The van der Waals surface area contributed by atoms with Gasteiger partial charge in [-0.3, -0.25) is 4.98 Å². The number of aliphatic hydroxyl groups is 1. The molecule has 3 aromatic heterocycles. The van der Waals surface area contributed by atoms with Gasteiger partial charge in [0, 0.05) is 52.6 Å². The molecule has 0 unspecified atom stereocenters. The van der Waals surface area contributed by atoms with Crippen LogP contribution in [0, 0.1) is 30.3 Å². The number of benzene rings is 2. The highest BCUT2D eigenvalue weighted by Crippen LogP contribution is 2.49. The van der Waals surface area contributed by atoms with Crippen LogP contribution in [-0.4, -0.2) is 42.9 Å². The Morgan fingerprint density at radius 3 is 2.63 bits per heavy atom. The van der Waals surface area contributed by atoms with Gasteiger partial charge in [0.15, 0.2) is 5.82 Å². The number of rotatable bonds is 6. The number of nitrogens with zero attached hydrogens (tertiary/aromatic N) is 5. The van der Waals surface area contributed by atoms with E-state index in [-0.39, 0.29) is 34.3 Å². The van der Waals surface area contributed by atoms with E-state index in [0.29, 0.717) is 53.6 Å². The third kappa shape index (κ3) is 4.16. The largest absolute Gasteiger partial charge is 0.385 e. The molecule has 1 aliphatic carbocycles. The van der Waals surface area contributed by atoms with Crippen molar-refractivity contribution >= 4 is 21.9 Å². The van der Waals surface area contributed by atoms with Gasteiger partial charge in [-0.25, -0.2) is 13.5 Å². The second kappa shape index (κ2) is 9.70. The molecule has 212 valence electrons. The Balaban J connectivity index is 1.58. The maximum Gasteiger partial charge on any atom is 0.153 e. The fourth-order valence-electron chi connectivity index (χ4n) is 6.66. The molecule has 2 aliphatic rings. The topological polar surface area (TPSA) is 78.0 Å². The summed E-state index contributed by atoms with van der Waals surface area (Å²) in [6.07, 6.45) is 4.41. The number of aryl methyl sites for hydroxylation is 2. The van der Waals surface area contributed by atoms with Crippen molar-refractivity contribution < 1.29 is 22.7 Å². The summed E-state index contributed by atoms with van der Waals surface area (Å²) in [5.74, 6) is -1.14. The predicted molar refractivity (Wildman–Crippen MR) is 152 cm³/mol. The molecule has 1 N–H and O–H groups in total. The van der Waals surface area contributed by atoms with Crippen LogP contribution in [0.4, 0.5) is 8.78 Å². The van der Waals surface area contributed by atoms with Crippen molar-refractivity contribution in [2.75, 3.05) is 13.2 Å². The summed E-state index contributed by atoms with van der Waals surface area (Å²) in [7, 11) is 1.60. The van der Waals surface area contributed by atoms with Gasteiger partial charge in [0.25, 0.3) is 0 Å². The number of pyridine rings is 1. The molecular weight excluding hydrogens is 524 g/mol. The van der Waals surface area contributed by atoms with Crippen molar-refractivity contribution in [1.82, 2.24) is 24.5 Å². The van der Waals surface area contributed by atoms with Crippen LogP contribution in [0.15, 0.2) is 48.7 Å². The molecule has 0 spiro atoms. The average molecular weight is 561 g/mol. The Bertz CT molecular complexity index is 1890. The van der Waals surface area contributed by atoms with Crippen LogP contribution in [0.2, 0.25) is 0 Å². The first kappa shape index (κ1) is 22.9. The molecule has 1 saturated carbocycles. The van der Waals surface area contributed by atoms with Crippen molar-refractivity contribution in [2.24, 2.45) is 18.9 Å². The van der Waals surface area contributed by atoms with Crippen molar-refractivity contribution in [2.45, 2.75) is 51.1 Å². The zero-order valence-electron chi connectivity index (χ0n) is 25.9. The number of fused-ring (bicyclic) bond motifs is 3. The third-order valence-corrected chi connectivity index (χ3v) is 8.97. The van der Waals surface area contributed by atoms with E-state index >= 15 is 8.78 Å². The molecule has 1 saturated heterocycles. The van der Waals surface area contributed by atoms with Gasteiger partial charge < -0.3 is 14.4 Å². The average Bonchev–Trinajstić information content (AvgIpc) is 3.71. The lowest BCUT2D eigenvalue weighted by Crippen LogP contribution is -2.28. The van der Waals surface area contributed by atoms with E-state index in [9.17, 15) is 5.11 Å². The van der Waals surface area contributed by atoms with Crippen LogP contribution >= 0.6 is 0 Å². The molecule has 0 radical (unpaired) electrons. The van der Waals surface area contributed by atoms with Gasteiger partial charge in [0.1, 0.15) is 5.82 Å². The molecular formula is C32H33F2N5O2. The summed E-state index contributed by atoms with van der Waals surface area (Å²) in [4.78, 5) is 4.75. The van der Waals surface area contributed by atoms with E-state index in [0.717, 1.165) is 12.8 Å². The lowest BCUT2D eigenvalue weighted by molar-refractivity contribution is 0.0297. The summed E-state index contributed by atoms with van der Waals surface area (Å²) in [5.41, 5.74) is 0.974. The number of hydrogen-bond acceptors (Lipinski definition) is 5. The number of aromatic nitrogens is 5. The first-order chi connectivity index (χ1) is 21.0. The van der Waals surface area contributed by atoms with E-state index in [1.807, 2.05) is 4.57 Å². The Morgan fingerprint density at radius 1 is 1.12 bits per heavy atom. The van der Waals surface area contributed by atoms with Gasteiger partial charge >= 0.3 is 0 Å². The smallest absolute Gasteiger partial charge is 0.153 e. The van der Waals surface area contributed by atoms with Crippen LogP contribution in [-0.2, 0) is 17.4 Å². The van der Waals surface area contributed by atoms with Crippen molar-refractivity contribution in [1.29, 1.82) is 0 Å². The van der Waals surface area contributed by atoms with Crippen molar-refractivity contribution in [3.05, 3.63) is 77.1 Å². The molecule has 2 aromatic carbocycles. The quantitative estimate of drug-likeness (QED) is 0.267. The molecule has 5 aromatic rings. The Kier molecular flexibility index (Phi) is 5.43. The fraction of sp³-hybridized carbons (Fsp3) is 0.406. The molecule has 4 heterocycles. The summed E-state index contributed by atoms with van der Waals surface area (Å²) in [5, 5.41) is 19.9. The maximum atomic E-state index is 17.0. The molecule has 9 heteroatoms. The zero-order chi connectivity index (χ0) is 31.0. The zero-order valence-corrected chi connectivity index (χ0v) is 22.9. The van der Waals surface area contributed by atoms with E-state index < -0.39 is 30.1 Å². The summed E-state index contributed by atoms with van der Waals surface area (Å²) < 4.78 is 65.7. The highest BCUT2D eigenvalue weighted by molar-refractivity contribution is 6.07. The lowest BCUT2D eigenvalue weighted by Gasteiger charge is -2.33. The number of hydrogen-bond donors (Lipinski definition) is 1. The fourth-order valence-corrected chi connectivity index (χ4v) is 6.66. The predicted octanol–water partition coefficient (Wildman–Crippen LogP) is 6.21. The standard InChI is InChI=1S/C32H33F2N5O2/c1-18-29(38(3)37-36-18)20-16-26-28(35-17-20)23-10-11-24(32(2,40)21-8-9-21)27(34)31(23)39(26)30(19-12-14-41-15-13-19)22-6-4-5-7-25(22)33/h4-7,10-11,16-17,19,21,30,40H,8-9,12-15H2,1-3H3/t30-,32+/m0/s1/i1D3. The first-order valence-electron chi connectivity index (χ1n) is 15.6. The highest BCUT2D eigenvalue weighted by Gasteiger charge is 2.44. The molecule has 0 amide bonds. The van der Waals surface area contributed by atoms with Gasteiger partial charge in [0.2, 0.25) is 0 Å². The van der Waals surface area contributed by atoms with Gasteiger partial charge in [-0.15, -0.1) is 5.10 Å². The van der Waals surface area contributed by atoms with Crippen LogP contribution in [0.25, 0.3) is 33.2 Å². The van der Waals surface area contributed by atoms with Crippen LogP contribution in [0.1, 0.15) is 59.6 Å². The highest BCUT2D eigenvalue weighted by atomic mass is 19.1. The number of halogens is 2. The molecule has 0 bridgehead atoms. The monoisotopic (exact) mass is 560 g/mol. The van der Waals surface area contributed by atoms with Crippen LogP contribution in [0.3, 0.4) is 0 Å². The second-order valence-corrected chi connectivity index (χ2v) is 11.5. The lowest BCUT2D eigenvalue weighted by atomic mass is 9.86. The molecule has 7 nitrogen and oxygen atoms in total. The third-order valence-electron chi connectivity index (χ3n) is 8.97. The van der Waals surface area contributed by atoms with Crippen molar-refractivity contribution in [3.8, 4) is 11.3 Å². The van der Waals surface area contributed by atoms with E-state index in [1.165, 1.54) is 10.7 Å². The summed E-state index contributed by atoms with van der Waals surface area (Å²) in [6.45, 7) is 0.0985. The van der Waals surface area contributed by atoms with Gasteiger partial charge in [-0.1, -0.05) is 35.5 Å². The molecule has 41 heavy (non-hydrogen) atoms. The molecule has 2 fully saturated rings. The summed E-state index contributed by atoms with van der Waals surface area (Å²) in [6, 6.07) is 11.1. The Morgan fingerprint density at radius 2 is 1.90 bits per heavy atom. The normalized spacial score (nSPS) is 20.1. The summed E-state index contributed by atoms with van der Waals surface area (Å²) >= 11 is 0. The van der Waals surface area contributed by atoms with E-state index in [1.54, 1.807) is 56.6 Å². The minimum absolute atomic E-state index is 0.0505. The molecule has 2 atom stereocenters. The van der Waals surface area contributed by atoms with Crippen LogP contribution < -0.4 is 0 Å². The molecule has 1 aliphatic heterocycles. The van der Waals surface area contributed by atoms with Gasteiger partial charge in [-0.2, -0.15) is 0 Å². The van der Waals surface area contributed by atoms with Crippen molar-refractivity contribution in [3.63, 3.8) is 0 Å². The van der Waals surface area contributed by atoms with Gasteiger partial charge in [0.05, 0.1) is 39.6 Å². The first-order valence-corrected chi connectivity index (χ1v) is 14.1. The Hall–Kier alpha value is -3.69. The second-order valence-electron chi connectivity index (χ2n) is 11.5. The Labute approximate surface area is 241 Å². The minimum Gasteiger partial charge on any atom is -0.385 e. The van der Waals surface area contributed by atoms with E-state index in [2.05, 4.69) is 10.3 Å². The maximum absolute atomic E-state index is 17.0. The minimum atomic E-state index is -2.53. The van der Waals surface area contributed by atoms with Crippen LogP contribution in [0.5, 0.6) is 0 Å². The molecule has 7 rings (SSSR count). The number of ether oxygens (including phenoxy) is 1. The van der Waals surface area contributed by atoms with E-state index in [4.69, 9.17) is 13.8 Å².